The van der Waals surface area contributed by atoms with Gasteiger partial charge >= 0.3 is 0 Å². The topological polar surface area (TPSA) is 38.7 Å². The van der Waals surface area contributed by atoms with E-state index in [1.54, 1.807) is 0 Å². The molecule has 0 aliphatic heterocycles. The van der Waals surface area contributed by atoms with Crippen LogP contribution in [0.3, 0.4) is 0 Å². The Balaban J connectivity index is 1.79. The van der Waals surface area contributed by atoms with Gasteiger partial charge in [-0.05, 0) is 37.5 Å². The number of ether oxygens (including phenoxy) is 2. The Bertz CT molecular complexity index is 366. The van der Waals surface area contributed by atoms with Gasteiger partial charge in [0, 0.05) is 0 Å². The monoisotopic (exact) mass is 278 g/mol. The summed E-state index contributed by atoms with van der Waals surface area (Å²) in [5, 5.41) is 10.2. The summed E-state index contributed by atoms with van der Waals surface area (Å²) >= 11 is 0. The smallest absolute Gasteiger partial charge is 0.119 e. The number of hydrogen-bond acceptors (Lipinski definition) is 3. The Morgan fingerprint density at radius 3 is 2.35 bits per heavy atom. The molecule has 0 radical (unpaired) electrons. The molecule has 3 nitrogen and oxygen atoms in total. The summed E-state index contributed by atoms with van der Waals surface area (Å²) in [5.74, 6) is 0.841. The molecular formula is C17H26O3. The van der Waals surface area contributed by atoms with E-state index in [4.69, 9.17) is 9.47 Å². The summed E-state index contributed by atoms with van der Waals surface area (Å²) in [6.07, 6.45) is 7.20. The zero-order valence-corrected chi connectivity index (χ0v) is 12.4. The van der Waals surface area contributed by atoms with Crippen LogP contribution in [0.4, 0.5) is 0 Å². The second-order valence-electron chi connectivity index (χ2n) is 5.46. The lowest BCUT2D eigenvalue weighted by Crippen LogP contribution is -2.16. The summed E-state index contributed by atoms with van der Waals surface area (Å²) < 4.78 is 11.3. The fraction of sp³-hybridized carbons (Fsp3) is 0.647. The highest BCUT2D eigenvalue weighted by Crippen LogP contribution is 2.23. The van der Waals surface area contributed by atoms with Crippen molar-refractivity contribution in [2.45, 2.75) is 57.7 Å². The van der Waals surface area contributed by atoms with Gasteiger partial charge in [-0.1, -0.05) is 37.8 Å². The third kappa shape index (κ3) is 4.80. The predicted molar refractivity (Wildman–Crippen MR) is 80.0 cm³/mol. The van der Waals surface area contributed by atoms with E-state index >= 15 is 0 Å². The molecule has 1 aliphatic rings. The minimum Gasteiger partial charge on any atom is -0.494 e. The van der Waals surface area contributed by atoms with Crippen molar-refractivity contribution in [1.82, 2.24) is 0 Å². The van der Waals surface area contributed by atoms with Crippen LogP contribution in [0.2, 0.25) is 0 Å². The van der Waals surface area contributed by atoms with Crippen LogP contribution in [-0.4, -0.2) is 24.4 Å². The van der Waals surface area contributed by atoms with Crippen molar-refractivity contribution in [3.8, 4) is 5.75 Å². The van der Waals surface area contributed by atoms with Crippen molar-refractivity contribution in [2.24, 2.45) is 0 Å². The van der Waals surface area contributed by atoms with Gasteiger partial charge in [0.25, 0.3) is 0 Å². The van der Waals surface area contributed by atoms with Crippen LogP contribution in [0.25, 0.3) is 0 Å². The van der Waals surface area contributed by atoms with Gasteiger partial charge in [0.05, 0.1) is 19.3 Å². The number of aliphatic hydroxyl groups is 1. The molecule has 1 fully saturated rings. The van der Waals surface area contributed by atoms with Gasteiger partial charge in [-0.25, -0.2) is 0 Å². The molecular weight excluding hydrogens is 252 g/mol. The number of aliphatic hydroxyl groups excluding tert-OH is 1. The van der Waals surface area contributed by atoms with Gasteiger partial charge in [0.2, 0.25) is 0 Å². The first-order chi connectivity index (χ1) is 9.79. The van der Waals surface area contributed by atoms with Crippen LogP contribution in [0.5, 0.6) is 5.75 Å². The Kier molecular flexibility index (Phi) is 6.34. The molecule has 2 rings (SSSR count). The highest BCUT2D eigenvalue weighted by atomic mass is 16.5. The average Bonchev–Trinajstić information content (AvgIpc) is 2.74. The molecule has 1 aromatic rings. The molecule has 3 heteroatoms. The molecule has 1 unspecified atom stereocenters. The third-order valence-corrected chi connectivity index (χ3v) is 3.87. The van der Waals surface area contributed by atoms with Crippen LogP contribution in [0.15, 0.2) is 24.3 Å². The van der Waals surface area contributed by atoms with Crippen LogP contribution >= 0.6 is 0 Å². The molecule has 1 atom stereocenters. The Morgan fingerprint density at radius 2 is 1.75 bits per heavy atom. The van der Waals surface area contributed by atoms with Crippen LogP contribution < -0.4 is 4.74 Å². The zero-order valence-electron chi connectivity index (χ0n) is 12.4. The molecule has 20 heavy (non-hydrogen) atoms. The van der Waals surface area contributed by atoms with Crippen LogP contribution in [0.1, 0.15) is 57.1 Å². The lowest BCUT2D eigenvalue weighted by molar-refractivity contribution is -0.0159. The minimum atomic E-state index is -0.547. The second-order valence-corrected chi connectivity index (χ2v) is 5.46. The number of hydrogen-bond donors (Lipinski definition) is 1. The molecule has 0 bridgehead atoms. The van der Waals surface area contributed by atoms with E-state index < -0.39 is 6.10 Å². The fourth-order valence-electron chi connectivity index (χ4n) is 2.68. The van der Waals surface area contributed by atoms with E-state index in [0.29, 0.717) is 19.3 Å². The van der Waals surface area contributed by atoms with Crippen LogP contribution in [-0.2, 0) is 4.74 Å². The maximum absolute atomic E-state index is 10.2. The molecule has 0 amide bonds. The normalized spacial score (nSPS) is 18.5. The number of benzene rings is 1. The third-order valence-electron chi connectivity index (χ3n) is 3.87. The van der Waals surface area contributed by atoms with Gasteiger partial charge < -0.3 is 14.6 Å². The van der Waals surface area contributed by atoms with Gasteiger partial charge in [0.1, 0.15) is 11.9 Å². The van der Waals surface area contributed by atoms with Crippen molar-refractivity contribution in [2.75, 3.05) is 13.2 Å². The largest absolute Gasteiger partial charge is 0.494 e. The standard InChI is InChI=1S/C17H26O3/c1-2-19-16-11-9-14(10-12-16)17(18)13-20-15-7-5-3-4-6-8-15/h9-12,15,17-18H,2-8,13H2,1H3. The van der Waals surface area contributed by atoms with Gasteiger partial charge in [-0.3, -0.25) is 0 Å². The first-order valence-electron chi connectivity index (χ1n) is 7.82. The van der Waals surface area contributed by atoms with Crippen molar-refractivity contribution < 1.29 is 14.6 Å². The molecule has 112 valence electrons. The van der Waals surface area contributed by atoms with Gasteiger partial charge in [-0.15, -0.1) is 0 Å². The van der Waals surface area contributed by atoms with E-state index in [1.165, 1.54) is 25.7 Å². The van der Waals surface area contributed by atoms with Crippen molar-refractivity contribution in [1.29, 1.82) is 0 Å². The molecule has 1 aliphatic carbocycles. The molecule has 0 heterocycles. The summed E-state index contributed by atoms with van der Waals surface area (Å²) in [6.45, 7) is 3.01. The molecule has 1 N–H and O–H groups in total. The van der Waals surface area contributed by atoms with Gasteiger partial charge in [-0.2, -0.15) is 0 Å². The Hall–Kier alpha value is -1.06. The highest BCUT2D eigenvalue weighted by molar-refractivity contribution is 5.28. The van der Waals surface area contributed by atoms with Crippen molar-refractivity contribution in [3.05, 3.63) is 29.8 Å². The van der Waals surface area contributed by atoms with Gasteiger partial charge in [0.15, 0.2) is 0 Å². The Morgan fingerprint density at radius 1 is 1.10 bits per heavy atom. The lowest BCUT2D eigenvalue weighted by atomic mass is 10.1. The van der Waals surface area contributed by atoms with E-state index in [1.807, 2.05) is 31.2 Å². The number of rotatable bonds is 6. The maximum Gasteiger partial charge on any atom is 0.119 e. The SMILES string of the molecule is CCOc1ccc(C(O)COC2CCCCCC2)cc1. The summed E-state index contributed by atoms with van der Waals surface area (Å²) in [7, 11) is 0. The fourth-order valence-corrected chi connectivity index (χ4v) is 2.68. The summed E-state index contributed by atoms with van der Waals surface area (Å²) in [6, 6.07) is 7.61. The first-order valence-corrected chi connectivity index (χ1v) is 7.82. The van der Waals surface area contributed by atoms with E-state index in [0.717, 1.165) is 24.2 Å². The Labute approximate surface area is 121 Å². The van der Waals surface area contributed by atoms with E-state index in [2.05, 4.69) is 0 Å². The predicted octanol–water partition coefficient (Wildman–Crippen LogP) is 3.86. The molecule has 0 aromatic heterocycles. The minimum absolute atomic E-state index is 0.329. The van der Waals surface area contributed by atoms with Crippen molar-refractivity contribution >= 4 is 0 Å². The first kappa shape index (κ1) is 15.3. The molecule has 1 saturated carbocycles. The summed E-state index contributed by atoms with van der Waals surface area (Å²) in [4.78, 5) is 0. The zero-order chi connectivity index (χ0) is 14.2. The molecule has 0 saturated heterocycles. The second kappa shape index (κ2) is 8.28. The maximum atomic E-state index is 10.2. The van der Waals surface area contributed by atoms with E-state index in [9.17, 15) is 5.11 Å². The van der Waals surface area contributed by atoms with Crippen LogP contribution in [0, 0.1) is 0 Å². The summed E-state index contributed by atoms with van der Waals surface area (Å²) in [5.41, 5.74) is 0.891. The molecule has 0 spiro atoms. The highest BCUT2D eigenvalue weighted by Gasteiger charge is 2.15. The quantitative estimate of drug-likeness (QED) is 0.803. The molecule has 1 aromatic carbocycles. The average molecular weight is 278 g/mol. The van der Waals surface area contributed by atoms with Crippen molar-refractivity contribution in [3.63, 3.8) is 0 Å². The lowest BCUT2D eigenvalue weighted by Gasteiger charge is -2.18. The van der Waals surface area contributed by atoms with E-state index in [-0.39, 0.29) is 0 Å².